The van der Waals surface area contributed by atoms with Crippen LogP contribution in [0.15, 0.2) is 53.1 Å². The first-order chi connectivity index (χ1) is 14.0. The number of rotatable bonds is 5. The topological polar surface area (TPSA) is 117 Å². The molecule has 3 aromatic rings. The third kappa shape index (κ3) is 2.98. The van der Waals surface area contributed by atoms with E-state index in [1.54, 1.807) is 30.3 Å². The zero-order chi connectivity index (χ0) is 20.0. The lowest BCUT2D eigenvalue weighted by molar-refractivity contribution is -0.118. The molecule has 0 saturated heterocycles. The highest BCUT2D eigenvalue weighted by Crippen LogP contribution is 2.49. The molecule has 0 radical (unpaired) electrons. The van der Waals surface area contributed by atoms with Crippen LogP contribution in [-0.4, -0.2) is 23.8 Å². The van der Waals surface area contributed by atoms with E-state index in [2.05, 4.69) is 10.5 Å². The number of anilines is 1. The summed E-state index contributed by atoms with van der Waals surface area (Å²) in [6.45, 7) is 0.199. The summed E-state index contributed by atoms with van der Waals surface area (Å²) in [6.07, 6.45) is 1.37. The molecule has 0 unspecified atom stereocenters. The molecule has 1 aromatic heterocycles. The van der Waals surface area contributed by atoms with Crippen molar-refractivity contribution in [3.05, 3.63) is 59.8 Å². The highest BCUT2D eigenvalue weighted by molar-refractivity contribution is 6.01. The molecule has 2 aliphatic rings. The van der Waals surface area contributed by atoms with E-state index < -0.39 is 11.3 Å². The Balaban J connectivity index is 1.35. The molecule has 8 heteroatoms. The molecular formula is C21H17N3O5. The van der Waals surface area contributed by atoms with Gasteiger partial charge in [0.2, 0.25) is 18.6 Å². The highest BCUT2D eigenvalue weighted by atomic mass is 16.7. The van der Waals surface area contributed by atoms with Crippen LogP contribution in [0.5, 0.6) is 11.5 Å². The van der Waals surface area contributed by atoms with Gasteiger partial charge in [0.25, 0.3) is 0 Å². The molecule has 2 aromatic carbocycles. The van der Waals surface area contributed by atoms with Gasteiger partial charge < -0.3 is 25.0 Å². The molecule has 0 spiro atoms. The van der Waals surface area contributed by atoms with E-state index in [9.17, 15) is 9.59 Å². The van der Waals surface area contributed by atoms with Crippen LogP contribution >= 0.6 is 0 Å². The normalized spacial score (nSPS) is 15.7. The summed E-state index contributed by atoms with van der Waals surface area (Å²) in [6, 6.07) is 13.7. The smallest absolute Gasteiger partial charge is 0.248 e. The van der Waals surface area contributed by atoms with Crippen molar-refractivity contribution in [2.75, 3.05) is 12.1 Å². The largest absolute Gasteiger partial charge is 0.454 e. The van der Waals surface area contributed by atoms with E-state index in [0.29, 0.717) is 47.0 Å². The van der Waals surface area contributed by atoms with Crippen LogP contribution in [0.4, 0.5) is 5.69 Å². The van der Waals surface area contributed by atoms with Gasteiger partial charge in [0, 0.05) is 22.9 Å². The average molecular weight is 391 g/mol. The summed E-state index contributed by atoms with van der Waals surface area (Å²) in [4.78, 5) is 24.1. The van der Waals surface area contributed by atoms with E-state index >= 15 is 0 Å². The summed E-state index contributed by atoms with van der Waals surface area (Å²) in [5, 5.41) is 7.03. The zero-order valence-electron chi connectivity index (χ0n) is 15.3. The number of nitrogens with zero attached hydrogens (tertiary/aromatic N) is 1. The zero-order valence-corrected chi connectivity index (χ0v) is 15.3. The lowest BCUT2D eigenvalue weighted by atomic mass is 10.00. The van der Waals surface area contributed by atoms with E-state index in [-0.39, 0.29) is 12.7 Å². The van der Waals surface area contributed by atoms with Gasteiger partial charge in [-0.05, 0) is 55.3 Å². The maximum absolute atomic E-state index is 12.9. The standard InChI is InChI=1S/C21H17N3O5/c22-19(25)12-1-4-14(5-2-12)23-20(26)21(7-8-21)18-10-16(29-24-18)13-3-6-15-17(9-13)28-11-27-15/h1-6,9-10H,7-8,11H2,(H2,22,25)(H,23,26). The predicted octanol–water partition coefficient (Wildman–Crippen LogP) is 2.84. The Morgan fingerprint density at radius 3 is 2.48 bits per heavy atom. The lowest BCUT2D eigenvalue weighted by Gasteiger charge is -2.12. The van der Waals surface area contributed by atoms with Crippen molar-refractivity contribution in [3.63, 3.8) is 0 Å². The summed E-state index contributed by atoms with van der Waals surface area (Å²) >= 11 is 0. The predicted molar refractivity (Wildman–Crippen MR) is 103 cm³/mol. The van der Waals surface area contributed by atoms with Crippen LogP contribution in [0, 0.1) is 0 Å². The van der Waals surface area contributed by atoms with Crippen molar-refractivity contribution in [3.8, 4) is 22.8 Å². The number of carbonyl (C=O) groups is 2. The first-order valence-electron chi connectivity index (χ1n) is 9.14. The number of hydrogen-bond acceptors (Lipinski definition) is 6. The van der Waals surface area contributed by atoms with Gasteiger partial charge in [0.05, 0.1) is 11.1 Å². The Morgan fingerprint density at radius 1 is 1.00 bits per heavy atom. The minimum atomic E-state index is -0.708. The number of ether oxygens (including phenoxy) is 2. The summed E-state index contributed by atoms with van der Waals surface area (Å²) in [7, 11) is 0. The number of primary amides is 1. The first kappa shape index (κ1) is 17.3. The number of nitrogens with one attached hydrogen (secondary N) is 1. The van der Waals surface area contributed by atoms with Crippen LogP contribution in [0.25, 0.3) is 11.3 Å². The molecule has 3 N–H and O–H groups in total. The average Bonchev–Trinajstić information content (AvgIpc) is 3.16. The number of aromatic nitrogens is 1. The Morgan fingerprint density at radius 2 is 1.76 bits per heavy atom. The second kappa shape index (κ2) is 6.37. The van der Waals surface area contributed by atoms with E-state index in [0.717, 1.165) is 5.56 Å². The quantitative estimate of drug-likeness (QED) is 0.691. The molecule has 1 saturated carbocycles. The van der Waals surface area contributed by atoms with Gasteiger partial charge in [0.1, 0.15) is 0 Å². The van der Waals surface area contributed by atoms with Gasteiger partial charge in [-0.25, -0.2) is 0 Å². The fraction of sp³-hybridized carbons (Fsp3) is 0.190. The molecule has 2 amide bonds. The third-order valence-corrected chi connectivity index (χ3v) is 5.27. The molecular weight excluding hydrogens is 374 g/mol. The summed E-state index contributed by atoms with van der Waals surface area (Å²) in [5.74, 6) is 1.23. The maximum Gasteiger partial charge on any atom is 0.248 e. The van der Waals surface area contributed by atoms with Gasteiger partial charge >= 0.3 is 0 Å². The molecule has 0 bridgehead atoms. The minimum absolute atomic E-state index is 0.158. The molecule has 8 nitrogen and oxygen atoms in total. The Hall–Kier alpha value is -3.81. The first-order valence-corrected chi connectivity index (χ1v) is 9.14. The number of benzene rings is 2. The van der Waals surface area contributed by atoms with Crippen molar-refractivity contribution in [1.82, 2.24) is 5.16 Å². The summed E-state index contributed by atoms with van der Waals surface area (Å²) in [5.41, 5.74) is 6.90. The maximum atomic E-state index is 12.9. The lowest BCUT2D eigenvalue weighted by Crippen LogP contribution is -2.28. The van der Waals surface area contributed by atoms with Crippen molar-refractivity contribution >= 4 is 17.5 Å². The molecule has 1 aliphatic carbocycles. The second-order valence-electron chi connectivity index (χ2n) is 7.12. The number of carbonyl (C=O) groups excluding carboxylic acids is 2. The van der Waals surface area contributed by atoms with Crippen molar-refractivity contribution in [2.24, 2.45) is 5.73 Å². The number of amides is 2. The molecule has 0 atom stereocenters. The van der Waals surface area contributed by atoms with E-state index in [1.165, 1.54) is 0 Å². The fourth-order valence-electron chi connectivity index (χ4n) is 3.38. The molecule has 2 heterocycles. The molecule has 146 valence electrons. The van der Waals surface area contributed by atoms with Crippen LogP contribution in [0.2, 0.25) is 0 Å². The number of hydrogen-bond donors (Lipinski definition) is 2. The molecule has 1 aliphatic heterocycles. The SMILES string of the molecule is NC(=O)c1ccc(NC(=O)C2(c3cc(-c4ccc5c(c4)OCO5)on3)CC2)cc1. The van der Waals surface area contributed by atoms with Crippen molar-refractivity contribution in [1.29, 1.82) is 0 Å². The Labute approximate surface area is 165 Å². The van der Waals surface area contributed by atoms with Crippen LogP contribution in [-0.2, 0) is 10.2 Å². The van der Waals surface area contributed by atoms with Gasteiger partial charge in [-0.15, -0.1) is 0 Å². The van der Waals surface area contributed by atoms with Crippen LogP contribution in [0.3, 0.4) is 0 Å². The monoisotopic (exact) mass is 391 g/mol. The second-order valence-corrected chi connectivity index (χ2v) is 7.12. The van der Waals surface area contributed by atoms with E-state index in [1.807, 2.05) is 18.2 Å². The van der Waals surface area contributed by atoms with Gasteiger partial charge in [-0.1, -0.05) is 5.16 Å². The third-order valence-electron chi connectivity index (χ3n) is 5.27. The van der Waals surface area contributed by atoms with Crippen molar-refractivity contribution in [2.45, 2.75) is 18.3 Å². The molecule has 5 rings (SSSR count). The van der Waals surface area contributed by atoms with E-state index in [4.69, 9.17) is 19.7 Å². The van der Waals surface area contributed by atoms with Crippen molar-refractivity contribution < 1.29 is 23.6 Å². The van der Waals surface area contributed by atoms with Crippen LogP contribution < -0.4 is 20.5 Å². The number of nitrogens with two attached hydrogens (primary N) is 1. The minimum Gasteiger partial charge on any atom is -0.454 e. The molecule has 1 fully saturated rings. The van der Waals surface area contributed by atoms with Gasteiger partial charge in [0.15, 0.2) is 17.3 Å². The van der Waals surface area contributed by atoms with Crippen LogP contribution in [0.1, 0.15) is 28.9 Å². The van der Waals surface area contributed by atoms with Gasteiger partial charge in [-0.2, -0.15) is 0 Å². The molecule has 29 heavy (non-hydrogen) atoms. The summed E-state index contributed by atoms with van der Waals surface area (Å²) < 4.78 is 16.2. The Kier molecular flexibility index (Phi) is 3.80. The fourth-order valence-corrected chi connectivity index (χ4v) is 3.38. The van der Waals surface area contributed by atoms with Gasteiger partial charge in [-0.3, -0.25) is 9.59 Å². The number of fused-ring (bicyclic) bond motifs is 1. The highest BCUT2D eigenvalue weighted by Gasteiger charge is 2.53. The Bertz CT molecular complexity index is 1120.